The summed E-state index contributed by atoms with van der Waals surface area (Å²) >= 11 is 0. The van der Waals surface area contributed by atoms with E-state index in [0.29, 0.717) is 0 Å². The van der Waals surface area contributed by atoms with Crippen molar-refractivity contribution >= 4 is 11.8 Å². The molecule has 0 radical (unpaired) electrons. The van der Waals surface area contributed by atoms with Gasteiger partial charge in [-0.1, -0.05) is 6.92 Å². The van der Waals surface area contributed by atoms with Crippen LogP contribution in [0.1, 0.15) is 73.8 Å². The number of nitrogens with one attached hydrogen (secondary N) is 2. The summed E-state index contributed by atoms with van der Waals surface area (Å²) in [6.45, 7) is 2.02. The summed E-state index contributed by atoms with van der Waals surface area (Å²) in [6.07, 6.45) is 10.9. The van der Waals surface area contributed by atoms with Crippen molar-refractivity contribution in [2.75, 3.05) is 0 Å². The van der Waals surface area contributed by atoms with E-state index in [2.05, 4.69) is 10.3 Å². The molecule has 0 unspecified atom stereocenters. The van der Waals surface area contributed by atoms with Crippen LogP contribution in [0.4, 0.5) is 0 Å². The van der Waals surface area contributed by atoms with Gasteiger partial charge >= 0.3 is 0 Å². The van der Waals surface area contributed by atoms with Gasteiger partial charge < -0.3 is 5.32 Å². The first-order valence-electron chi connectivity index (χ1n) is 9.73. The predicted octanol–water partition coefficient (Wildman–Crippen LogP) is 2.98. The Bertz CT molecular complexity index is 683. The van der Waals surface area contributed by atoms with Crippen molar-refractivity contribution in [2.45, 2.75) is 57.9 Å². The van der Waals surface area contributed by atoms with Gasteiger partial charge in [-0.05, 0) is 74.3 Å². The van der Waals surface area contributed by atoms with Crippen molar-refractivity contribution < 1.29 is 14.8 Å². The first-order valence-corrected chi connectivity index (χ1v) is 9.73. The lowest BCUT2D eigenvalue weighted by Crippen LogP contribution is -2.54. The second kappa shape index (κ2) is 6.65. The molecule has 26 heavy (non-hydrogen) atoms. The molecule has 1 aromatic rings. The second-order valence-electron chi connectivity index (χ2n) is 8.58. The van der Waals surface area contributed by atoms with E-state index in [9.17, 15) is 9.59 Å². The van der Waals surface area contributed by atoms with Crippen LogP contribution in [0.3, 0.4) is 0 Å². The van der Waals surface area contributed by atoms with Gasteiger partial charge in [-0.25, -0.2) is 5.48 Å². The molecule has 0 spiro atoms. The number of hydrogen-bond acceptors (Lipinski definition) is 4. The Morgan fingerprint density at radius 2 is 1.81 bits per heavy atom. The smallest absolute Gasteiger partial charge is 0.276 e. The Kier molecular flexibility index (Phi) is 4.47. The zero-order valence-corrected chi connectivity index (χ0v) is 15.2. The third-order valence-electron chi connectivity index (χ3n) is 6.76. The number of hydrogen-bond donors (Lipinski definition) is 3. The second-order valence-corrected chi connectivity index (χ2v) is 8.58. The van der Waals surface area contributed by atoms with Gasteiger partial charge in [0.05, 0.1) is 11.6 Å². The summed E-state index contributed by atoms with van der Waals surface area (Å²) in [5.41, 5.74) is 2.53. The molecule has 2 amide bonds. The maximum Gasteiger partial charge on any atom is 0.276 e. The van der Waals surface area contributed by atoms with Crippen LogP contribution in [0.25, 0.3) is 0 Å². The van der Waals surface area contributed by atoms with Crippen LogP contribution in [0, 0.1) is 23.2 Å². The Morgan fingerprint density at radius 1 is 1.19 bits per heavy atom. The number of rotatable bonds is 5. The molecule has 4 saturated carbocycles. The SMILES string of the molecule is CC[C@H](NC(=O)C12CC3CC(CC(C3)C1)C2)c1cncc(C(=O)NO)c1. The number of carbonyl (C=O) groups is 2. The molecular formula is C20H27N3O3. The van der Waals surface area contributed by atoms with E-state index in [1.54, 1.807) is 17.7 Å². The maximum absolute atomic E-state index is 13.3. The summed E-state index contributed by atoms with van der Waals surface area (Å²) in [5.74, 6) is 1.77. The van der Waals surface area contributed by atoms with Crippen LogP contribution in [-0.4, -0.2) is 22.0 Å². The molecule has 4 bridgehead atoms. The Hall–Kier alpha value is -1.95. The standard InChI is InChI=1S/C20H27N3O3/c1-2-17(15-6-16(11-21-10-15)18(24)23-26)22-19(25)20-7-12-3-13(8-20)5-14(4-12)9-20/h6,10-14,17,26H,2-5,7-9H2,1H3,(H,22,25)(H,23,24)/t12?,13?,14?,17-,20?/m0/s1. The van der Waals surface area contributed by atoms with Gasteiger partial charge in [-0.2, -0.15) is 0 Å². The normalized spacial score (nSPS) is 32.9. The van der Waals surface area contributed by atoms with Crippen molar-refractivity contribution in [2.24, 2.45) is 23.2 Å². The molecule has 4 fully saturated rings. The van der Waals surface area contributed by atoms with Gasteiger partial charge in [-0.15, -0.1) is 0 Å². The summed E-state index contributed by atoms with van der Waals surface area (Å²) in [5, 5.41) is 12.1. The van der Waals surface area contributed by atoms with Crippen molar-refractivity contribution in [3.8, 4) is 0 Å². The zero-order valence-electron chi connectivity index (χ0n) is 15.2. The number of pyridine rings is 1. The number of aromatic nitrogens is 1. The molecule has 5 rings (SSSR count). The average molecular weight is 357 g/mol. The molecule has 140 valence electrons. The molecule has 1 aromatic heterocycles. The molecular weight excluding hydrogens is 330 g/mol. The van der Waals surface area contributed by atoms with Crippen molar-refractivity contribution in [3.63, 3.8) is 0 Å². The van der Waals surface area contributed by atoms with Gasteiger partial charge in [-0.3, -0.25) is 19.8 Å². The summed E-state index contributed by atoms with van der Waals surface area (Å²) in [6, 6.07) is 1.52. The van der Waals surface area contributed by atoms with Crippen LogP contribution in [0.5, 0.6) is 0 Å². The minimum atomic E-state index is -0.596. The van der Waals surface area contributed by atoms with Gasteiger partial charge in [0.2, 0.25) is 5.91 Å². The minimum absolute atomic E-state index is 0.172. The highest BCUT2D eigenvalue weighted by Crippen LogP contribution is 2.60. The molecule has 6 heteroatoms. The number of nitrogens with zero attached hydrogens (tertiary/aromatic N) is 1. The van der Waals surface area contributed by atoms with E-state index in [-0.39, 0.29) is 22.9 Å². The van der Waals surface area contributed by atoms with Crippen LogP contribution >= 0.6 is 0 Å². The topological polar surface area (TPSA) is 91.3 Å². The van der Waals surface area contributed by atoms with Crippen molar-refractivity contribution in [1.29, 1.82) is 0 Å². The third-order valence-corrected chi connectivity index (χ3v) is 6.76. The van der Waals surface area contributed by atoms with Gasteiger partial charge in [0.15, 0.2) is 0 Å². The number of amides is 2. The van der Waals surface area contributed by atoms with Crippen LogP contribution in [-0.2, 0) is 4.79 Å². The molecule has 0 aliphatic heterocycles. The highest BCUT2D eigenvalue weighted by atomic mass is 16.5. The minimum Gasteiger partial charge on any atom is -0.349 e. The first kappa shape index (κ1) is 17.5. The fourth-order valence-electron chi connectivity index (χ4n) is 5.96. The fourth-order valence-corrected chi connectivity index (χ4v) is 5.96. The Balaban J connectivity index is 1.52. The van der Waals surface area contributed by atoms with Gasteiger partial charge in [0.1, 0.15) is 0 Å². The molecule has 1 heterocycles. The van der Waals surface area contributed by atoms with E-state index in [1.807, 2.05) is 6.92 Å². The van der Waals surface area contributed by atoms with Gasteiger partial charge in [0, 0.05) is 17.8 Å². The van der Waals surface area contributed by atoms with Gasteiger partial charge in [0.25, 0.3) is 5.91 Å². The Morgan fingerprint density at radius 3 is 2.35 bits per heavy atom. The number of hydroxylamine groups is 1. The quantitative estimate of drug-likeness (QED) is 0.558. The number of carbonyl (C=O) groups excluding carboxylic acids is 2. The Labute approximate surface area is 153 Å². The highest BCUT2D eigenvalue weighted by Gasteiger charge is 2.54. The maximum atomic E-state index is 13.3. The monoisotopic (exact) mass is 357 g/mol. The zero-order chi connectivity index (χ0) is 18.3. The molecule has 6 nitrogen and oxygen atoms in total. The largest absolute Gasteiger partial charge is 0.349 e. The molecule has 0 saturated heterocycles. The molecule has 0 aromatic carbocycles. The summed E-state index contributed by atoms with van der Waals surface area (Å²) in [7, 11) is 0. The molecule has 4 aliphatic carbocycles. The molecule has 3 N–H and O–H groups in total. The van der Waals surface area contributed by atoms with Crippen LogP contribution in [0.15, 0.2) is 18.5 Å². The summed E-state index contributed by atoms with van der Waals surface area (Å²) < 4.78 is 0. The first-order chi connectivity index (χ1) is 12.5. The van der Waals surface area contributed by atoms with E-state index in [4.69, 9.17) is 5.21 Å². The van der Waals surface area contributed by atoms with Crippen LogP contribution < -0.4 is 10.8 Å². The van der Waals surface area contributed by atoms with Crippen molar-refractivity contribution in [1.82, 2.24) is 15.8 Å². The fraction of sp³-hybridized carbons (Fsp3) is 0.650. The van der Waals surface area contributed by atoms with E-state index >= 15 is 0 Å². The molecule has 1 atom stereocenters. The molecule has 4 aliphatic rings. The highest BCUT2D eigenvalue weighted by molar-refractivity contribution is 5.93. The van der Waals surface area contributed by atoms with E-state index in [1.165, 1.54) is 25.5 Å². The summed E-state index contributed by atoms with van der Waals surface area (Å²) in [4.78, 5) is 29.0. The van der Waals surface area contributed by atoms with Crippen molar-refractivity contribution in [3.05, 3.63) is 29.6 Å². The van der Waals surface area contributed by atoms with E-state index < -0.39 is 5.91 Å². The lowest BCUT2D eigenvalue weighted by atomic mass is 9.49. The third kappa shape index (κ3) is 3.00. The van der Waals surface area contributed by atoms with Crippen LogP contribution in [0.2, 0.25) is 0 Å². The predicted molar refractivity (Wildman–Crippen MR) is 95.3 cm³/mol. The lowest BCUT2D eigenvalue weighted by molar-refractivity contribution is -0.147. The lowest BCUT2D eigenvalue weighted by Gasteiger charge is -2.55. The van der Waals surface area contributed by atoms with E-state index in [0.717, 1.165) is 49.0 Å². The average Bonchev–Trinajstić information content (AvgIpc) is 2.64.